The molecule has 0 saturated heterocycles. The Morgan fingerprint density at radius 2 is 2.11 bits per heavy atom. The second-order valence-corrected chi connectivity index (χ2v) is 4.09. The highest BCUT2D eigenvalue weighted by Crippen LogP contribution is 2.22. The molecule has 1 unspecified atom stereocenters. The molecule has 1 atom stereocenters. The van der Waals surface area contributed by atoms with E-state index in [1.165, 1.54) is 7.11 Å². The zero-order valence-corrected chi connectivity index (χ0v) is 10.6. The van der Waals surface area contributed by atoms with Gasteiger partial charge < -0.3 is 9.47 Å². The van der Waals surface area contributed by atoms with Crippen LogP contribution in [-0.4, -0.2) is 24.2 Å². The lowest BCUT2D eigenvalue weighted by Crippen LogP contribution is -2.24. The highest BCUT2D eigenvalue weighted by Gasteiger charge is 2.14. The standard InChI is InChI=1S/C14H15NO3/c1-9-6-7-15-13-5-4-11(8-12(9)13)18-10(2)14(16)17-3/h4-8,10H,1-3H3. The van der Waals surface area contributed by atoms with Crippen LogP contribution in [0.1, 0.15) is 12.5 Å². The molecule has 0 spiro atoms. The molecule has 0 aliphatic rings. The van der Waals surface area contributed by atoms with Gasteiger partial charge in [-0.25, -0.2) is 4.79 Å². The van der Waals surface area contributed by atoms with Crippen LogP contribution in [0.15, 0.2) is 30.5 Å². The lowest BCUT2D eigenvalue weighted by Gasteiger charge is -2.13. The molecule has 0 amide bonds. The van der Waals surface area contributed by atoms with Crippen LogP contribution in [0.3, 0.4) is 0 Å². The molecular formula is C14H15NO3. The molecule has 4 heteroatoms. The number of nitrogens with zero attached hydrogens (tertiary/aromatic N) is 1. The number of hydrogen-bond donors (Lipinski definition) is 0. The molecule has 2 rings (SSSR count). The van der Waals surface area contributed by atoms with Crippen molar-refractivity contribution < 1.29 is 14.3 Å². The quantitative estimate of drug-likeness (QED) is 0.779. The number of esters is 1. The number of methoxy groups -OCH3 is 1. The van der Waals surface area contributed by atoms with Crippen molar-refractivity contribution in [1.82, 2.24) is 4.98 Å². The fourth-order valence-electron chi connectivity index (χ4n) is 1.75. The van der Waals surface area contributed by atoms with Crippen LogP contribution >= 0.6 is 0 Å². The molecule has 0 saturated carbocycles. The SMILES string of the molecule is COC(=O)C(C)Oc1ccc2nccc(C)c2c1. The Hall–Kier alpha value is -2.10. The fraction of sp³-hybridized carbons (Fsp3) is 0.286. The van der Waals surface area contributed by atoms with Gasteiger partial charge in [0, 0.05) is 11.6 Å². The summed E-state index contributed by atoms with van der Waals surface area (Å²) in [6, 6.07) is 7.50. The molecule has 4 nitrogen and oxygen atoms in total. The molecule has 2 aromatic rings. The van der Waals surface area contributed by atoms with Crippen LogP contribution in [0.4, 0.5) is 0 Å². The van der Waals surface area contributed by atoms with E-state index in [2.05, 4.69) is 9.72 Å². The lowest BCUT2D eigenvalue weighted by atomic mass is 10.1. The summed E-state index contributed by atoms with van der Waals surface area (Å²) in [6.45, 7) is 3.67. The summed E-state index contributed by atoms with van der Waals surface area (Å²) in [7, 11) is 1.34. The Labute approximate surface area is 106 Å². The van der Waals surface area contributed by atoms with Crippen molar-refractivity contribution in [3.8, 4) is 5.75 Å². The van der Waals surface area contributed by atoms with Crippen molar-refractivity contribution in [2.75, 3.05) is 7.11 Å². The molecule has 0 bridgehead atoms. The van der Waals surface area contributed by atoms with E-state index in [1.54, 1.807) is 19.2 Å². The number of benzene rings is 1. The minimum atomic E-state index is -0.621. The third kappa shape index (κ3) is 2.42. The first-order valence-electron chi connectivity index (χ1n) is 5.71. The Morgan fingerprint density at radius 1 is 1.33 bits per heavy atom. The van der Waals surface area contributed by atoms with Gasteiger partial charge in [-0.2, -0.15) is 0 Å². The van der Waals surface area contributed by atoms with E-state index < -0.39 is 12.1 Å². The van der Waals surface area contributed by atoms with E-state index in [1.807, 2.05) is 25.1 Å². The molecule has 1 aromatic carbocycles. The van der Waals surface area contributed by atoms with Crippen LogP contribution in [0, 0.1) is 6.92 Å². The minimum Gasteiger partial charge on any atom is -0.479 e. The van der Waals surface area contributed by atoms with Gasteiger partial charge in [0.05, 0.1) is 12.6 Å². The molecule has 0 radical (unpaired) electrons. The average Bonchev–Trinajstić information content (AvgIpc) is 2.38. The number of carbonyl (C=O) groups excluding carboxylic acids is 1. The third-order valence-corrected chi connectivity index (χ3v) is 2.78. The van der Waals surface area contributed by atoms with Crippen molar-refractivity contribution >= 4 is 16.9 Å². The lowest BCUT2D eigenvalue weighted by molar-refractivity contribution is -0.147. The zero-order valence-electron chi connectivity index (χ0n) is 10.6. The summed E-state index contributed by atoms with van der Waals surface area (Å²) < 4.78 is 10.1. The van der Waals surface area contributed by atoms with E-state index in [0.717, 1.165) is 16.5 Å². The summed E-state index contributed by atoms with van der Waals surface area (Å²) >= 11 is 0. The number of rotatable bonds is 3. The maximum absolute atomic E-state index is 11.3. The highest BCUT2D eigenvalue weighted by atomic mass is 16.6. The maximum Gasteiger partial charge on any atom is 0.346 e. The number of pyridine rings is 1. The first-order chi connectivity index (χ1) is 8.61. The highest BCUT2D eigenvalue weighted by molar-refractivity contribution is 5.83. The van der Waals surface area contributed by atoms with Gasteiger partial charge in [0.2, 0.25) is 0 Å². The summed E-state index contributed by atoms with van der Waals surface area (Å²) in [5.41, 5.74) is 2.03. The second kappa shape index (κ2) is 5.04. The van der Waals surface area contributed by atoms with Gasteiger partial charge in [-0.1, -0.05) is 0 Å². The Kier molecular flexibility index (Phi) is 3.46. The third-order valence-electron chi connectivity index (χ3n) is 2.78. The predicted molar refractivity (Wildman–Crippen MR) is 68.6 cm³/mol. The Morgan fingerprint density at radius 3 is 2.83 bits per heavy atom. The van der Waals surface area contributed by atoms with E-state index in [-0.39, 0.29) is 0 Å². The summed E-state index contributed by atoms with van der Waals surface area (Å²) in [6.07, 6.45) is 1.15. The Bertz CT molecular complexity index is 580. The number of hydrogen-bond acceptors (Lipinski definition) is 4. The largest absolute Gasteiger partial charge is 0.479 e. The van der Waals surface area contributed by atoms with Gasteiger partial charge in [-0.05, 0) is 43.7 Å². The number of aryl methyl sites for hydroxylation is 1. The smallest absolute Gasteiger partial charge is 0.346 e. The van der Waals surface area contributed by atoms with Gasteiger partial charge in [-0.3, -0.25) is 4.98 Å². The van der Waals surface area contributed by atoms with Gasteiger partial charge in [-0.15, -0.1) is 0 Å². The molecule has 94 valence electrons. The molecule has 0 aliphatic heterocycles. The van der Waals surface area contributed by atoms with Crippen molar-refractivity contribution in [1.29, 1.82) is 0 Å². The number of aromatic nitrogens is 1. The van der Waals surface area contributed by atoms with Crippen molar-refractivity contribution in [3.05, 3.63) is 36.0 Å². The van der Waals surface area contributed by atoms with Crippen molar-refractivity contribution in [2.45, 2.75) is 20.0 Å². The van der Waals surface area contributed by atoms with Gasteiger partial charge >= 0.3 is 5.97 Å². The van der Waals surface area contributed by atoms with Gasteiger partial charge in [0.1, 0.15) is 5.75 Å². The molecule has 1 aromatic heterocycles. The zero-order chi connectivity index (χ0) is 13.1. The van der Waals surface area contributed by atoms with Gasteiger partial charge in [0.15, 0.2) is 6.10 Å². The first-order valence-corrected chi connectivity index (χ1v) is 5.71. The van der Waals surface area contributed by atoms with E-state index in [9.17, 15) is 4.79 Å². The monoisotopic (exact) mass is 245 g/mol. The molecule has 1 heterocycles. The maximum atomic E-state index is 11.3. The summed E-state index contributed by atoms with van der Waals surface area (Å²) in [5, 5.41) is 1.02. The summed E-state index contributed by atoms with van der Waals surface area (Å²) in [4.78, 5) is 15.6. The summed E-state index contributed by atoms with van der Waals surface area (Å²) in [5.74, 6) is 0.245. The van der Waals surface area contributed by atoms with E-state index in [4.69, 9.17) is 4.74 Å². The predicted octanol–water partition coefficient (Wildman–Crippen LogP) is 2.48. The molecule has 0 N–H and O–H groups in total. The van der Waals surface area contributed by atoms with Crippen LogP contribution < -0.4 is 4.74 Å². The molecular weight excluding hydrogens is 230 g/mol. The fourth-order valence-corrected chi connectivity index (χ4v) is 1.75. The topological polar surface area (TPSA) is 48.4 Å². The van der Waals surface area contributed by atoms with Crippen molar-refractivity contribution in [2.24, 2.45) is 0 Å². The number of fused-ring (bicyclic) bond motifs is 1. The van der Waals surface area contributed by atoms with Gasteiger partial charge in [0.25, 0.3) is 0 Å². The molecule has 18 heavy (non-hydrogen) atoms. The van der Waals surface area contributed by atoms with Crippen LogP contribution in [-0.2, 0) is 9.53 Å². The van der Waals surface area contributed by atoms with Crippen LogP contribution in [0.2, 0.25) is 0 Å². The Balaban J connectivity index is 2.30. The number of carbonyl (C=O) groups is 1. The minimum absolute atomic E-state index is 0.391. The van der Waals surface area contributed by atoms with Crippen LogP contribution in [0.5, 0.6) is 5.75 Å². The first kappa shape index (κ1) is 12.4. The average molecular weight is 245 g/mol. The molecule has 0 fully saturated rings. The van der Waals surface area contributed by atoms with E-state index >= 15 is 0 Å². The number of ether oxygens (including phenoxy) is 2. The van der Waals surface area contributed by atoms with Crippen LogP contribution in [0.25, 0.3) is 10.9 Å². The van der Waals surface area contributed by atoms with E-state index in [0.29, 0.717) is 5.75 Å². The molecule has 0 aliphatic carbocycles. The second-order valence-electron chi connectivity index (χ2n) is 4.09. The van der Waals surface area contributed by atoms with Crippen molar-refractivity contribution in [3.63, 3.8) is 0 Å². The normalized spacial score (nSPS) is 12.2.